The standard InChI is InChI=1S/C8H11NO2/c10-6-9-8-5-3-1-2-4-7(8)11-8/h7H,1-5H2. The fourth-order valence-corrected chi connectivity index (χ4v) is 1.83. The minimum atomic E-state index is -0.418. The number of nitrogens with zero attached hydrogens (tertiary/aromatic N) is 1. The molecule has 1 heterocycles. The molecule has 1 aliphatic heterocycles. The maximum atomic E-state index is 10.0. The maximum absolute atomic E-state index is 10.0. The predicted molar refractivity (Wildman–Crippen MR) is 38.8 cm³/mol. The van der Waals surface area contributed by atoms with Crippen LogP contribution in [-0.2, 0) is 9.53 Å². The molecule has 1 aliphatic carbocycles. The Morgan fingerprint density at radius 3 is 3.18 bits per heavy atom. The third-order valence-corrected chi connectivity index (χ3v) is 2.53. The Labute approximate surface area is 65.5 Å². The molecule has 1 saturated carbocycles. The van der Waals surface area contributed by atoms with Crippen LogP contribution in [-0.4, -0.2) is 17.9 Å². The molecule has 0 bridgehead atoms. The molecule has 0 aromatic heterocycles. The molecule has 60 valence electrons. The lowest BCUT2D eigenvalue weighted by atomic mass is 10.1. The molecule has 1 saturated heterocycles. The lowest BCUT2D eigenvalue weighted by Crippen LogP contribution is -2.09. The number of aliphatic imine (C=N–C) groups is 1. The monoisotopic (exact) mass is 153 g/mol. The van der Waals surface area contributed by atoms with E-state index in [4.69, 9.17) is 4.74 Å². The van der Waals surface area contributed by atoms with Crippen LogP contribution in [0.5, 0.6) is 0 Å². The van der Waals surface area contributed by atoms with E-state index < -0.39 is 5.72 Å². The molecule has 2 aliphatic rings. The van der Waals surface area contributed by atoms with Crippen molar-refractivity contribution in [2.24, 2.45) is 4.99 Å². The van der Waals surface area contributed by atoms with Crippen molar-refractivity contribution in [2.45, 2.75) is 43.9 Å². The second-order valence-corrected chi connectivity index (χ2v) is 3.25. The van der Waals surface area contributed by atoms with Crippen molar-refractivity contribution in [1.82, 2.24) is 0 Å². The van der Waals surface area contributed by atoms with Crippen LogP contribution in [0.4, 0.5) is 0 Å². The van der Waals surface area contributed by atoms with E-state index in [1.54, 1.807) is 6.08 Å². The number of carbonyl (C=O) groups excluding carboxylic acids is 1. The molecule has 0 aromatic rings. The molecule has 3 nitrogen and oxygen atoms in total. The van der Waals surface area contributed by atoms with E-state index >= 15 is 0 Å². The van der Waals surface area contributed by atoms with Gasteiger partial charge >= 0.3 is 0 Å². The Kier molecular flexibility index (Phi) is 1.55. The summed E-state index contributed by atoms with van der Waals surface area (Å²) in [6.07, 6.45) is 7.38. The zero-order valence-corrected chi connectivity index (χ0v) is 6.38. The zero-order valence-electron chi connectivity index (χ0n) is 6.38. The number of fused-ring (bicyclic) bond motifs is 1. The van der Waals surface area contributed by atoms with E-state index in [1.165, 1.54) is 12.8 Å². The van der Waals surface area contributed by atoms with E-state index in [2.05, 4.69) is 4.99 Å². The first kappa shape index (κ1) is 7.01. The van der Waals surface area contributed by atoms with Crippen LogP contribution in [0.2, 0.25) is 0 Å². The quantitative estimate of drug-likeness (QED) is 0.324. The number of isocyanates is 1. The van der Waals surface area contributed by atoms with Crippen molar-refractivity contribution in [1.29, 1.82) is 0 Å². The summed E-state index contributed by atoms with van der Waals surface area (Å²) in [5, 5.41) is 0. The zero-order chi connectivity index (χ0) is 7.73. The summed E-state index contributed by atoms with van der Waals surface area (Å²) in [4.78, 5) is 13.8. The molecular weight excluding hydrogens is 142 g/mol. The van der Waals surface area contributed by atoms with E-state index in [0.29, 0.717) is 0 Å². The number of epoxide rings is 1. The van der Waals surface area contributed by atoms with E-state index in [0.717, 1.165) is 19.3 Å². The Balaban J connectivity index is 2.09. The highest BCUT2D eigenvalue weighted by Crippen LogP contribution is 2.47. The van der Waals surface area contributed by atoms with E-state index in [9.17, 15) is 4.79 Å². The van der Waals surface area contributed by atoms with Crippen molar-refractivity contribution >= 4 is 6.08 Å². The molecule has 2 fully saturated rings. The normalized spacial score (nSPS) is 41.6. The third-order valence-electron chi connectivity index (χ3n) is 2.53. The van der Waals surface area contributed by atoms with Gasteiger partial charge in [-0.05, 0) is 12.8 Å². The van der Waals surface area contributed by atoms with Crippen LogP contribution in [0.3, 0.4) is 0 Å². The van der Waals surface area contributed by atoms with Crippen molar-refractivity contribution in [3.05, 3.63) is 0 Å². The number of rotatable bonds is 1. The van der Waals surface area contributed by atoms with Gasteiger partial charge in [-0.2, -0.15) is 4.99 Å². The Hall–Kier alpha value is -0.660. The van der Waals surface area contributed by atoms with Gasteiger partial charge in [-0.25, -0.2) is 4.79 Å². The minimum Gasteiger partial charge on any atom is -0.342 e. The summed E-state index contributed by atoms with van der Waals surface area (Å²) in [5.41, 5.74) is -0.418. The summed E-state index contributed by atoms with van der Waals surface area (Å²) in [6, 6.07) is 0. The molecule has 2 rings (SSSR count). The first-order chi connectivity index (χ1) is 5.37. The fourth-order valence-electron chi connectivity index (χ4n) is 1.83. The van der Waals surface area contributed by atoms with Crippen LogP contribution >= 0.6 is 0 Å². The average molecular weight is 153 g/mol. The van der Waals surface area contributed by atoms with Crippen molar-refractivity contribution < 1.29 is 9.53 Å². The summed E-state index contributed by atoms with van der Waals surface area (Å²) in [7, 11) is 0. The first-order valence-corrected chi connectivity index (χ1v) is 4.14. The smallest absolute Gasteiger partial charge is 0.238 e. The Morgan fingerprint density at radius 2 is 2.36 bits per heavy atom. The van der Waals surface area contributed by atoms with Crippen LogP contribution in [0.25, 0.3) is 0 Å². The van der Waals surface area contributed by atoms with Gasteiger partial charge < -0.3 is 4.74 Å². The fraction of sp³-hybridized carbons (Fsp3) is 0.875. The third kappa shape index (κ3) is 1.10. The largest absolute Gasteiger partial charge is 0.342 e. The number of ether oxygens (including phenoxy) is 1. The lowest BCUT2D eigenvalue weighted by molar-refractivity contribution is 0.269. The van der Waals surface area contributed by atoms with Crippen molar-refractivity contribution in [3.63, 3.8) is 0 Å². The van der Waals surface area contributed by atoms with Crippen LogP contribution in [0.15, 0.2) is 4.99 Å². The van der Waals surface area contributed by atoms with Crippen molar-refractivity contribution in [2.75, 3.05) is 0 Å². The van der Waals surface area contributed by atoms with Crippen LogP contribution in [0.1, 0.15) is 32.1 Å². The maximum Gasteiger partial charge on any atom is 0.238 e. The summed E-state index contributed by atoms with van der Waals surface area (Å²) in [5.74, 6) is 0. The SMILES string of the molecule is O=C=NC12CCCCCC1O2. The van der Waals surface area contributed by atoms with Crippen LogP contribution in [0, 0.1) is 0 Å². The van der Waals surface area contributed by atoms with Gasteiger partial charge in [-0.3, -0.25) is 0 Å². The molecule has 2 unspecified atom stereocenters. The summed E-state index contributed by atoms with van der Waals surface area (Å²) in [6.45, 7) is 0. The average Bonchev–Trinajstić information content (AvgIpc) is 2.62. The van der Waals surface area contributed by atoms with Gasteiger partial charge in [-0.15, -0.1) is 0 Å². The Bertz CT molecular complexity index is 210. The van der Waals surface area contributed by atoms with Gasteiger partial charge in [0.1, 0.15) is 6.10 Å². The molecule has 0 aromatic carbocycles. The number of hydrogen-bond acceptors (Lipinski definition) is 3. The first-order valence-electron chi connectivity index (χ1n) is 4.14. The van der Waals surface area contributed by atoms with E-state index in [1.807, 2.05) is 0 Å². The van der Waals surface area contributed by atoms with Gasteiger partial charge in [0.05, 0.1) is 0 Å². The molecule has 0 amide bonds. The molecular formula is C8H11NO2. The van der Waals surface area contributed by atoms with Crippen molar-refractivity contribution in [3.8, 4) is 0 Å². The Morgan fingerprint density at radius 1 is 1.45 bits per heavy atom. The summed E-state index contributed by atoms with van der Waals surface area (Å²) < 4.78 is 5.36. The second kappa shape index (κ2) is 2.43. The van der Waals surface area contributed by atoms with Gasteiger partial charge in [-0.1, -0.05) is 12.8 Å². The molecule has 0 spiro atoms. The highest BCUT2D eigenvalue weighted by molar-refractivity contribution is 5.36. The highest BCUT2D eigenvalue weighted by atomic mass is 16.6. The van der Waals surface area contributed by atoms with Gasteiger partial charge in [0.25, 0.3) is 0 Å². The second-order valence-electron chi connectivity index (χ2n) is 3.25. The van der Waals surface area contributed by atoms with Crippen LogP contribution < -0.4 is 0 Å². The summed E-state index contributed by atoms with van der Waals surface area (Å²) >= 11 is 0. The van der Waals surface area contributed by atoms with E-state index in [-0.39, 0.29) is 6.10 Å². The van der Waals surface area contributed by atoms with Gasteiger partial charge in [0, 0.05) is 6.42 Å². The lowest BCUT2D eigenvalue weighted by Gasteiger charge is -1.99. The molecule has 2 atom stereocenters. The predicted octanol–water partition coefficient (Wildman–Crippen LogP) is 1.38. The molecule has 0 N–H and O–H groups in total. The minimum absolute atomic E-state index is 0.228. The number of hydrogen-bond donors (Lipinski definition) is 0. The molecule has 3 heteroatoms. The molecule has 0 radical (unpaired) electrons. The van der Waals surface area contributed by atoms with Gasteiger partial charge in [0.2, 0.25) is 6.08 Å². The molecule has 11 heavy (non-hydrogen) atoms. The van der Waals surface area contributed by atoms with Gasteiger partial charge in [0.15, 0.2) is 5.72 Å². The topological polar surface area (TPSA) is 42.0 Å². The highest BCUT2D eigenvalue weighted by Gasteiger charge is 2.56.